The number of carbonyl (C=O) groups excluding carboxylic acids is 1. The molecule has 0 saturated carbocycles. The Bertz CT molecular complexity index is 1350. The summed E-state index contributed by atoms with van der Waals surface area (Å²) in [6.07, 6.45) is 1.78. The third kappa shape index (κ3) is 3.95. The number of rotatable bonds is 6. The molecule has 0 bridgehead atoms. The van der Waals surface area contributed by atoms with Gasteiger partial charge < -0.3 is 14.5 Å². The van der Waals surface area contributed by atoms with Gasteiger partial charge in [-0.15, -0.1) is 21.5 Å². The van der Waals surface area contributed by atoms with Gasteiger partial charge in [-0.3, -0.25) is 18.6 Å². The number of aromatic nitrogens is 4. The number of methoxy groups -OCH3 is 1. The largest absolute Gasteiger partial charge is 0.497 e. The minimum Gasteiger partial charge on any atom is -0.497 e. The molecule has 0 unspecified atom stereocenters. The van der Waals surface area contributed by atoms with E-state index in [2.05, 4.69) is 27.2 Å². The molecule has 1 aliphatic rings. The molecule has 1 saturated heterocycles. The maximum Gasteiger partial charge on any atom is 0.272 e. The number of anilines is 1. The first-order valence-corrected chi connectivity index (χ1v) is 11.9. The topological polar surface area (TPSA) is 85.0 Å². The van der Waals surface area contributed by atoms with Crippen molar-refractivity contribution in [1.29, 1.82) is 0 Å². The van der Waals surface area contributed by atoms with Crippen LogP contribution in [0.2, 0.25) is 0 Å². The number of nitrogens with zero attached hydrogens (tertiary/aromatic N) is 6. The lowest BCUT2D eigenvalue weighted by atomic mass is 10.2. The molecule has 10 heteroatoms. The van der Waals surface area contributed by atoms with Crippen LogP contribution in [0.15, 0.2) is 40.5 Å². The van der Waals surface area contributed by atoms with Crippen LogP contribution in [0.3, 0.4) is 0 Å². The molecule has 0 atom stereocenters. The molecule has 1 amide bonds. The molecular weight excluding hydrogens is 440 g/mol. The lowest BCUT2D eigenvalue weighted by Crippen LogP contribution is -2.48. The van der Waals surface area contributed by atoms with Gasteiger partial charge in [0.1, 0.15) is 16.3 Å². The summed E-state index contributed by atoms with van der Waals surface area (Å²) in [5.74, 6) is 2.32. The van der Waals surface area contributed by atoms with E-state index >= 15 is 0 Å². The van der Waals surface area contributed by atoms with Crippen LogP contribution in [0, 0.1) is 0 Å². The normalized spacial score (nSPS) is 14.4. The van der Waals surface area contributed by atoms with Crippen molar-refractivity contribution in [1.82, 2.24) is 24.1 Å². The molecule has 5 rings (SSSR count). The zero-order valence-electron chi connectivity index (χ0n) is 18.7. The Morgan fingerprint density at radius 3 is 2.58 bits per heavy atom. The van der Waals surface area contributed by atoms with E-state index in [1.165, 1.54) is 15.9 Å². The third-order valence-corrected chi connectivity index (χ3v) is 7.15. The van der Waals surface area contributed by atoms with Crippen molar-refractivity contribution in [2.45, 2.75) is 19.3 Å². The second-order valence-corrected chi connectivity index (χ2v) is 9.09. The van der Waals surface area contributed by atoms with Crippen LogP contribution in [-0.2, 0) is 18.3 Å². The van der Waals surface area contributed by atoms with Gasteiger partial charge in [-0.2, -0.15) is 0 Å². The Balaban J connectivity index is 1.19. The Morgan fingerprint density at radius 2 is 1.85 bits per heavy atom. The fraction of sp³-hybridized carbons (Fsp3) is 0.391. The van der Waals surface area contributed by atoms with Gasteiger partial charge >= 0.3 is 0 Å². The molecule has 1 fully saturated rings. The van der Waals surface area contributed by atoms with E-state index in [9.17, 15) is 9.59 Å². The number of fused-ring (bicyclic) bond motifs is 3. The number of aryl methyl sites for hydroxylation is 2. The number of hydrogen-bond donors (Lipinski definition) is 0. The van der Waals surface area contributed by atoms with Crippen molar-refractivity contribution in [2.75, 3.05) is 38.2 Å². The first-order valence-electron chi connectivity index (χ1n) is 11.0. The van der Waals surface area contributed by atoms with E-state index < -0.39 is 0 Å². The predicted molar refractivity (Wildman–Crippen MR) is 128 cm³/mol. The van der Waals surface area contributed by atoms with Crippen molar-refractivity contribution >= 4 is 38.9 Å². The minimum absolute atomic E-state index is 0.0598. The lowest BCUT2D eigenvalue weighted by Gasteiger charge is -2.36. The Kier molecular flexibility index (Phi) is 5.76. The third-order valence-electron chi connectivity index (χ3n) is 6.26. The van der Waals surface area contributed by atoms with Crippen LogP contribution in [0.5, 0.6) is 5.75 Å². The molecular formula is C23H26N6O3S. The Labute approximate surface area is 194 Å². The molecule has 4 aromatic rings. The van der Waals surface area contributed by atoms with Crippen molar-refractivity contribution in [2.24, 2.45) is 7.05 Å². The van der Waals surface area contributed by atoms with Crippen LogP contribution in [0.4, 0.5) is 5.69 Å². The van der Waals surface area contributed by atoms with E-state index in [1.54, 1.807) is 14.2 Å². The summed E-state index contributed by atoms with van der Waals surface area (Å²) in [6, 6.07) is 9.96. The van der Waals surface area contributed by atoms with Gasteiger partial charge in [-0.05, 0) is 42.1 Å². The van der Waals surface area contributed by atoms with Gasteiger partial charge in [0, 0.05) is 51.8 Å². The van der Waals surface area contributed by atoms with E-state index in [1.807, 2.05) is 32.9 Å². The highest BCUT2D eigenvalue weighted by Crippen LogP contribution is 2.22. The standard InChI is InChI=1S/C23H26N6O3S/c1-26-22(31)21-18(10-15-33-21)29-19(24-25-23(26)29)4-3-5-20(30)28-13-11-27(12-14-28)16-6-8-17(32-2)9-7-16/h6-10,15H,3-5,11-14H2,1-2H3. The van der Waals surface area contributed by atoms with E-state index in [4.69, 9.17) is 4.74 Å². The van der Waals surface area contributed by atoms with Crippen molar-refractivity contribution in [3.05, 3.63) is 51.9 Å². The second kappa shape index (κ2) is 8.86. The molecule has 1 aromatic carbocycles. The van der Waals surface area contributed by atoms with E-state index in [-0.39, 0.29) is 11.5 Å². The van der Waals surface area contributed by atoms with Gasteiger partial charge in [-0.25, -0.2) is 0 Å². The summed E-state index contributed by atoms with van der Waals surface area (Å²) in [4.78, 5) is 29.5. The quantitative estimate of drug-likeness (QED) is 0.434. The van der Waals surface area contributed by atoms with Crippen molar-refractivity contribution in [3.8, 4) is 5.75 Å². The van der Waals surface area contributed by atoms with Crippen LogP contribution in [0.1, 0.15) is 18.7 Å². The molecule has 9 nitrogen and oxygen atoms in total. The highest BCUT2D eigenvalue weighted by molar-refractivity contribution is 7.17. The lowest BCUT2D eigenvalue weighted by molar-refractivity contribution is -0.131. The Morgan fingerprint density at radius 1 is 1.09 bits per heavy atom. The molecule has 0 radical (unpaired) electrons. The maximum absolute atomic E-state index is 12.8. The summed E-state index contributed by atoms with van der Waals surface area (Å²) < 4.78 is 9.38. The number of ether oxygens (including phenoxy) is 1. The van der Waals surface area contributed by atoms with Crippen molar-refractivity contribution < 1.29 is 9.53 Å². The van der Waals surface area contributed by atoms with Crippen LogP contribution >= 0.6 is 11.3 Å². The van der Waals surface area contributed by atoms with Gasteiger partial charge in [0.25, 0.3) is 5.56 Å². The number of thiophene rings is 1. The smallest absolute Gasteiger partial charge is 0.272 e. The molecule has 172 valence electrons. The van der Waals surface area contributed by atoms with E-state index in [0.29, 0.717) is 29.7 Å². The Hall–Kier alpha value is -3.40. The summed E-state index contributed by atoms with van der Waals surface area (Å²) >= 11 is 1.42. The zero-order chi connectivity index (χ0) is 22.9. The molecule has 1 aliphatic heterocycles. The monoisotopic (exact) mass is 466 g/mol. The van der Waals surface area contributed by atoms with Crippen molar-refractivity contribution in [3.63, 3.8) is 0 Å². The minimum atomic E-state index is -0.0598. The predicted octanol–water partition coefficient (Wildman–Crippen LogP) is 2.32. The first kappa shape index (κ1) is 21.4. The average Bonchev–Trinajstić information content (AvgIpc) is 3.50. The molecule has 0 spiro atoms. The highest BCUT2D eigenvalue weighted by Gasteiger charge is 2.22. The highest BCUT2D eigenvalue weighted by atomic mass is 32.1. The number of carbonyl (C=O) groups is 1. The van der Waals surface area contributed by atoms with Gasteiger partial charge in [0.2, 0.25) is 11.7 Å². The number of piperazine rings is 1. The molecule has 3 aromatic heterocycles. The van der Waals surface area contributed by atoms with Gasteiger partial charge in [0.15, 0.2) is 0 Å². The number of hydrogen-bond acceptors (Lipinski definition) is 7. The summed E-state index contributed by atoms with van der Waals surface area (Å²) in [5, 5.41) is 10.4. The van der Waals surface area contributed by atoms with Gasteiger partial charge in [0.05, 0.1) is 12.6 Å². The van der Waals surface area contributed by atoms with Crippen LogP contribution in [-0.4, -0.2) is 63.3 Å². The molecule has 33 heavy (non-hydrogen) atoms. The maximum atomic E-state index is 12.8. The fourth-order valence-electron chi connectivity index (χ4n) is 4.38. The molecule has 4 heterocycles. The van der Waals surface area contributed by atoms with Crippen LogP contribution < -0.4 is 15.2 Å². The second-order valence-electron chi connectivity index (χ2n) is 8.17. The molecule has 0 N–H and O–H groups in total. The summed E-state index contributed by atoms with van der Waals surface area (Å²) in [7, 11) is 3.38. The average molecular weight is 467 g/mol. The fourth-order valence-corrected chi connectivity index (χ4v) is 5.23. The summed E-state index contributed by atoms with van der Waals surface area (Å²) in [6.45, 7) is 3.07. The van der Waals surface area contributed by atoms with Crippen LogP contribution in [0.25, 0.3) is 16.0 Å². The number of benzene rings is 1. The SMILES string of the molecule is COc1ccc(N2CCN(C(=O)CCCc3nnc4n(C)c(=O)c5sccc5n34)CC2)cc1. The van der Waals surface area contributed by atoms with E-state index in [0.717, 1.165) is 49.0 Å². The number of amides is 1. The first-order chi connectivity index (χ1) is 16.1. The summed E-state index contributed by atoms with van der Waals surface area (Å²) in [5.41, 5.74) is 1.92. The van der Waals surface area contributed by atoms with Gasteiger partial charge in [-0.1, -0.05) is 0 Å². The molecule has 0 aliphatic carbocycles. The zero-order valence-corrected chi connectivity index (χ0v) is 19.5.